The SMILES string of the molecule is Cn1cnnc1CCNC1CCSc2ccc(Cl)cc21. The third-order valence-electron chi connectivity index (χ3n) is 3.56. The predicted molar refractivity (Wildman–Crippen MR) is 82.2 cm³/mol. The quantitative estimate of drug-likeness (QED) is 0.943. The molecule has 106 valence electrons. The molecule has 0 saturated heterocycles. The third kappa shape index (κ3) is 3.00. The summed E-state index contributed by atoms with van der Waals surface area (Å²) >= 11 is 8.03. The van der Waals surface area contributed by atoms with Crippen molar-refractivity contribution < 1.29 is 0 Å². The number of thioether (sulfide) groups is 1. The van der Waals surface area contributed by atoms with Crippen molar-refractivity contribution in [3.8, 4) is 0 Å². The van der Waals surface area contributed by atoms with Crippen LogP contribution in [-0.2, 0) is 13.5 Å². The molecule has 20 heavy (non-hydrogen) atoms. The summed E-state index contributed by atoms with van der Waals surface area (Å²) in [5.74, 6) is 2.16. The molecule has 0 amide bonds. The monoisotopic (exact) mass is 308 g/mol. The van der Waals surface area contributed by atoms with Crippen molar-refractivity contribution in [3.63, 3.8) is 0 Å². The first-order valence-corrected chi connectivity index (χ1v) is 8.09. The summed E-state index contributed by atoms with van der Waals surface area (Å²) in [6, 6.07) is 6.56. The van der Waals surface area contributed by atoms with Gasteiger partial charge in [0.2, 0.25) is 0 Å². The Morgan fingerprint density at radius 1 is 1.50 bits per heavy atom. The topological polar surface area (TPSA) is 42.7 Å². The van der Waals surface area contributed by atoms with Crippen molar-refractivity contribution in [1.82, 2.24) is 20.1 Å². The zero-order valence-corrected chi connectivity index (χ0v) is 12.9. The lowest BCUT2D eigenvalue weighted by Gasteiger charge is -2.26. The number of nitrogens with zero attached hydrogens (tertiary/aromatic N) is 3. The average molecular weight is 309 g/mol. The Kier molecular flexibility index (Phi) is 4.29. The Hall–Kier alpha value is -1.04. The van der Waals surface area contributed by atoms with E-state index < -0.39 is 0 Å². The highest BCUT2D eigenvalue weighted by Crippen LogP contribution is 2.37. The first-order valence-electron chi connectivity index (χ1n) is 6.72. The summed E-state index contributed by atoms with van der Waals surface area (Å²) in [5.41, 5.74) is 1.33. The number of hydrogen-bond donors (Lipinski definition) is 1. The molecule has 0 radical (unpaired) electrons. The second-order valence-corrected chi connectivity index (χ2v) is 6.51. The summed E-state index contributed by atoms with van der Waals surface area (Å²) < 4.78 is 1.96. The molecule has 4 nitrogen and oxygen atoms in total. The van der Waals surface area contributed by atoms with Crippen molar-refractivity contribution in [2.75, 3.05) is 12.3 Å². The molecule has 1 aliphatic rings. The lowest BCUT2D eigenvalue weighted by Crippen LogP contribution is -2.27. The van der Waals surface area contributed by atoms with E-state index in [-0.39, 0.29) is 0 Å². The fourth-order valence-electron chi connectivity index (χ4n) is 2.47. The van der Waals surface area contributed by atoms with Gasteiger partial charge in [-0.1, -0.05) is 11.6 Å². The van der Waals surface area contributed by atoms with E-state index in [2.05, 4.69) is 27.6 Å². The highest BCUT2D eigenvalue weighted by molar-refractivity contribution is 7.99. The number of halogens is 1. The van der Waals surface area contributed by atoms with Crippen LogP contribution in [0.25, 0.3) is 0 Å². The average Bonchev–Trinajstić information content (AvgIpc) is 2.85. The smallest absolute Gasteiger partial charge is 0.133 e. The fourth-order valence-corrected chi connectivity index (χ4v) is 3.76. The van der Waals surface area contributed by atoms with Gasteiger partial charge in [0.15, 0.2) is 0 Å². The van der Waals surface area contributed by atoms with E-state index >= 15 is 0 Å². The normalized spacial score (nSPS) is 18.0. The second kappa shape index (κ2) is 6.16. The van der Waals surface area contributed by atoms with E-state index in [1.807, 2.05) is 29.4 Å². The number of nitrogens with one attached hydrogen (secondary N) is 1. The molecule has 2 aromatic rings. The van der Waals surface area contributed by atoms with Crippen molar-refractivity contribution >= 4 is 23.4 Å². The van der Waals surface area contributed by atoms with Gasteiger partial charge in [0.1, 0.15) is 12.2 Å². The fraction of sp³-hybridized carbons (Fsp3) is 0.429. The number of fused-ring (bicyclic) bond motifs is 1. The van der Waals surface area contributed by atoms with E-state index in [1.54, 1.807) is 6.33 Å². The van der Waals surface area contributed by atoms with Gasteiger partial charge in [0, 0.05) is 36.0 Å². The summed E-state index contributed by atoms with van der Waals surface area (Å²) in [4.78, 5) is 1.34. The summed E-state index contributed by atoms with van der Waals surface area (Å²) in [6.07, 6.45) is 3.76. The van der Waals surface area contributed by atoms with Crippen LogP contribution in [0.4, 0.5) is 0 Å². The lowest BCUT2D eigenvalue weighted by molar-refractivity contribution is 0.507. The molecular weight excluding hydrogens is 292 g/mol. The van der Waals surface area contributed by atoms with Crippen LogP contribution in [0.5, 0.6) is 0 Å². The van der Waals surface area contributed by atoms with Gasteiger partial charge < -0.3 is 9.88 Å². The van der Waals surface area contributed by atoms with Gasteiger partial charge in [-0.25, -0.2) is 0 Å². The third-order valence-corrected chi connectivity index (χ3v) is 4.91. The van der Waals surface area contributed by atoms with Crippen LogP contribution in [0.15, 0.2) is 29.4 Å². The maximum atomic E-state index is 6.12. The van der Waals surface area contributed by atoms with Crippen LogP contribution in [0.1, 0.15) is 23.9 Å². The Labute approximate surface area is 127 Å². The van der Waals surface area contributed by atoms with Crippen molar-refractivity contribution in [1.29, 1.82) is 0 Å². The number of benzene rings is 1. The molecule has 1 aromatic heterocycles. The van der Waals surface area contributed by atoms with Crippen LogP contribution in [0.3, 0.4) is 0 Å². The summed E-state index contributed by atoms with van der Waals surface area (Å²) in [7, 11) is 1.97. The van der Waals surface area contributed by atoms with E-state index in [9.17, 15) is 0 Å². The molecule has 1 aromatic carbocycles. The van der Waals surface area contributed by atoms with Gasteiger partial charge in [-0.05, 0) is 35.9 Å². The molecule has 1 N–H and O–H groups in total. The highest BCUT2D eigenvalue weighted by atomic mass is 35.5. The lowest BCUT2D eigenvalue weighted by atomic mass is 10.0. The van der Waals surface area contributed by atoms with Crippen molar-refractivity contribution in [3.05, 3.63) is 40.9 Å². The largest absolute Gasteiger partial charge is 0.321 e. The Morgan fingerprint density at radius 3 is 3.20 bits per heavy atom. The molecular formula is C14H17ClN4S. The Balaban J connectivity index is 1.64. The van der Waals surface area contributed by atoms with Gasteiger partial charge in [-0.2, -0.15) is 0 Å². The van der Waals surface area contributed by atoms with Crippen LogP contribution in [-0.4, -0.2) is 27.1 Å². The van der Waals surface area contributed by atoms with E-state index in [1.165, 1.54) is 10.5 Å². The molecule has 0 bridgehead atoms. The second-order valence-electron chi connectivity index (χ2n) is 4.93. The molecule has 1 aliphatic heterocycles. The van der Waals surface area contributed by atoms with Crippen LogP contribution in [0.2, 0.25) is 5.02 Å². The zero-order chi connectivity index (χ0) is 13.9. The number of aryl methyl sites for hydroxylation is 1. The molecule has 0 spiro atoms. The maximum Gasteiger partial charge on any atom is 0.133 e. The minimum atomic E-state index is 0.387. The summed E-state index contributed by atoms with van der Waals surface area (Å²) in [6.45, 7) is 0.897. The minimum absolute atomic E-state index is 0.387. The highest BCUT2D eigenvalue weighted by Gasteiger charge is 2.20. The van der Waals surface area contributed by atoms with Gasteiger partial charge >= 0.3 is 0 Å². The maximum absolute atomic E-state index is 6.12. The molecule has 0 aliphatic carbocycles. The standard InChI is InChI=1S/C14H17ClN4S/c1-19-9-17-18-14(19)4-6-16-12-5-7-20-13-3-2-10(15)8-11(12)13/h2-3,8-9,12,16H,4-7H2,1H3. The molecule has 2 heterocycles. The van der Waals surface area contributed by atoms with Crippen molar-refractivity contribution in [2.24, 2.45) is 7.05 Å². The minimum Gasteiger partial charge on any atom is -0.321 e. The molecule has 6 heteroatoms. The first kappa shape index (κ1) is 13.9. The van der Waals surface area contributed by atoms with Crippen molar-refractivity contribution in [2.45, 2.75) is 23.8 Å². The van der Waals surface area contributed by atoms with E-state index in [0.29, 0.717) is 6.04 Å². The van der Waals surface area contributed by atoms with Gasteiger partial charge in [-0.3, -0.25) is 0 Å². The number of hydrogen-bond acceptors (Lipinski definition) is 4. The van der Waals surface area contributed by atoms with Crippen LogP contribution < -0.4 is 5.32 Å². The van der Waals surface area contributed by atoms with E-state index in [0.717, 1.165) is 36.0 Å². The van der Waals surface area contributed by atoms with Gasteiger partial charge in [0.05, 0.1) is 0 Å². The van der Waals surface area contributed by atoms with Gasteiger partial charge in [0.25, 0.3) is 0 Å². The molecule has 1 unspecified atom stereocenters. The van der Waals surface area contributed by atoms with Crippen LogP contribution >= 0.6 is 23.4 Å². The van der Waals surface area contributed by atoms with Gasteiger partial charge in [-0.15, -0.1) is 22.0 Å². The Bertz CT molecular complexity index is 599. The molecule has 3 rings (SSSR count). The van der Waals surface area contributed by atoms with Crippen LogP contribution in [0, 0.1) is 0 Å². The van der Waals surface area contributed by atoms with E-state index in [4.69, 9.17) is 11.6 Å². The predicted octanol–water partition coefficient (Wildman–Crippen LogP) is 2.84. The summed E-state index contributed by atoms with van der Waals surface area (Å²) in [5, 5.41) is 12.4. The molecule has 0 saturated carbocycles. The molecule has 1 atom stereocenters. The first-order chi connectivity index (χ1) is 9.74. The number of rotatable bonds is 4. The number of aromatic nitrogens is 3. The molecule has 0 fully saturated rings. The zero-order valence-electron chi connectivity index (χ0n) is 11.3. The Morgan fingerprint density at radius 2 is 2.40 bits per heavy atom.